The van der Waals surface area contributed by atoms with Crippen LogP contribution in [-0.2, 0) is 16.1 Å². The molecule has 0 aromatic carbocycles. The topological polar surface area (TPSA) is 66.0 Å². The first-order valence-corrected chi connectivity index (χ1v) is 8.40. The molecule has 2 heterocycles. The minimum atomic E-state index is 0. The molecule has 0 aliphatic carbocycles. The highest BCUT2D eigenvalue weighted by Gasteiger charge is 2.16. The van der Waals surface area contributed by atoms with E-state index in [2.05, 4.69) is 27.1 Å². The second kappa shape index (κ2) is 10.8. The quantitative estimate of drug-likeness (QED) is 0.391. The monoisotopic (exact) mass is 452 g/mol. The van der Waals surface area contributed by atoms with Crippen LogP contribution in [0, 0.1) is 5.92 Å². The number of nitrogens with zero attached hydrogens (tertiary/aromatic N) is 2. The zero-order chi connectivity index (χ0) is 15.8. The summed E-state index contributed by atoms with van der Waals surface area (Å²) < 4.78 is 5.38. The number of rotatable bonds is 6. The van der Waals surface area contributed by atoms with E-state index < -0.39 is 0 Å². The van der Waals surface area contributed by atoms with Gasteiger partial charge in [0.1, 0.15) is 0 Å². The fraction of sp³-hybridized carbons (Fsp3) is 0.600. The van der Waals surface area contributed by atoms with Crippen LogP contribution < -0.4 is 10.6 Å². The Bertz CT molecular complexity index is 488. The summed E-state index contributed by atoms with van der Waals surface area (Å²) in [5.74, 6) is 1.21. The van der Waals surface area contributed by atoms with E-state index in [0.717, 1.165) is 26.2 Å². The van der Waals surface area contributed by atoms with Crippen LogP contribution in [0.1, 0.15) is 12.0 Å². The zero-order valence-electron chi connectivity index (χ0n) is 13.6. The number of guanidine groups is 1. The van der Waals surface area contributed by atoms with Crippen molar-refractivity contribution < 1.29 is 9.53 Å². The lowest BCUT2D eigenvalue weighted by Crippen LogP contribution is -2.44. The zero-order valence-corrected chi connectivity index (χ0v) is 16.7. The number of hydrogen-bond acceptors (Lipinski definition) is 4. The van der Waals surface area contributed by atoms with Crippen LogP contribution in [-0.4, -0.2) is 57.2 Å². The van der Waals surface area contributed by atoms with Gasteiger partial charge in [-0.3, -0.25) is 4.79 Å². The molecule has 1 amide bonds. The standard InChI is InChI=1S/C15H24N4O2S.HI/c1-19(2)14(20)9-18-15(16-7-12-3-5-21-10-12)17-8-13-4-6-22-11-13;/h4,6,11-12H,3,5,7-10H2,1-2H3,(H2,16,17,18);1H. The van der Waals surface area contributed by atoms with Crippen molar-refractivity contribution >= 4 is 47.2 Å². The molecule has 1 fully saturated rings. The second-order valence-electron chi connectivity index (χ2n) is 5.55. The van der Waals surface area contributed by atoms with Gasteiger partial charge in [0.05, 0.1) is 19.7 Å². The molecule has 0 bridgehead atoms. The summed E-state index contributed by atoms with van der Waals surface area (Å²) in [5, 5.41) is 10.5. The molecule has 1 saturated heterocycles. The van der Waals surface area contributed by atoms with Gasteiger partial charge in [0.2, 0.25) is 5.91 Å². The fourth-order valence-electron chi connectivity index (χ4n) is 2.03. The molecule has 6 nitrogen and oxygen atoms in total. The van der Waals surface area contributed by atoms with E-state index >= 15 is 0 Å². The van der Waals surface area contributed by atoms with Crippen LogP contribution in [0.3, 0.4) is 0 Å². The highest BCUT2D eigenvalue weighted by Crippen LogP contribution is 2.10. The number of thiophene rings is 1. The van der Waals surface area contributed by atoms with E-state index in [9.17, 15) is 4.79 Å². The van der Waals surface area contributed by atoms with Gasteiger partial charge in [-0.2, -0.15) is 11.3 Å². The largest absolute Gasteiger partial charge is 0.381 e. The van der Waals surface area contributed by atoms with Crippen molar-refractivity contribution in [2.75, 3.05) is 40.4 Å². The van der Waals surface area contributed by atoms with Gasteiger partial charge in [0.15, 0.2) is 5.96 Å². The maximum atomic E-state index is 11.7. The molecular formula is C15H25IN4O2S. The number of halogens is 1. The van der Waals surface area contributed by atoms with Gasteiger partial charge in [0, 0.05) is 33.2 Å². The lowest BCUT2D eigenvalue weighted by molar-refractivity contribution is -0.127. The summed E-state index contributed by atoms with van der Waals surface area (Å²) in [7, 11) is 3.49. The Kier molecular flexibility index (Phi) is 9.49. The average molecular weight is 452 g/mol. The number of likely N-dealkylation sites (N-methyl/N-ethyl adjacent to an activating group) is 1. The Labute approximate surface area is 158 Å². The van der Waals surface area contributed by atoms with Crippen molar-refractivity contribution in [3.05, 3.63) is 22.4 Å². The number of ether oxygens (including phenoxy) is 1. The number of carbonyl (C=O) groups is 1. The molecule has 1 unspecified atom stereocenters. The summed E-state index contributed by atoms with van der Waals surface area (Å²) in [5.41, 5.74) is 1.18. The molecule has 1 atom stereocenters. The highest BCUT2D eigenvalue weighted by atomic mass is 127. The third-order valence-corrected chi connectivity index (χ3v) is 4.22. The minimum absolute atomic E-state index is 0. The number of nitrogens with one attached hydrogen (secondary N) is 2. The lowest BCUT2D eigenvalue weighted by atomic mass is 10.1. The number of carbonyl (C=O) groups excluding carboxylic acids is 1. The van der Waals surface area contributed by atoms with Crippen LogP contribution in [0.4, 0.5) is 0 Å². The number of amides is 1. The molecule has 1 aromatic rings. The second-order valence-corrected chi connectivity index (χ2v) is 6.33. The Morgan fingerprint density at radius 3 is 2.91 bits per heavy atom. The molecule has 1 aliphatic rings. The Balaban J connectivity index is 0.00000264. The molecule has 0 spiro atoms. The molecule has 1 aliphatic heterocycles. The summed E-state index contributed by atoms with van der Waals surface area (Å²) >= 11 is 1.66. The Hall–Kier alpha value is -0.870. The fourth-order valence-corrected chi connectivity index (χ4v) is 2.69. The van der Waals surface area contributed by atoms with Crippen LogP contribution in [0.25, 0.3) is 0 Å². The SMILES string of the molecule is CN(C)C(=O)CNC(=NCc1ccsc1)NCC1CCOC1.I. The van der Waals surface area contributed by atoms with Crippen molar-refractivity contribution in [2.45, 2.75) is 13.0 Å². The number of aliphatic imine (C=N–C) groups is 1. The van der Waals surface area contributed by atoms with Gasteiger partial charge in [-0.05, 0) is 28.8 Å². The summed E-state index contributed by atoms with van der Waals surface area (Å²) in [6, 6.07) is 2.06. The first-order valence-electron chi connectivity index (χ1n) is 7.46. The molecule has 0 radical (unpaired) electrons. The van der Waals surface area contributed by atoms with Crippen LogP contribution in [0.2, 0.25) is 0 Å². The molecule has 8 heteroatoms. The van der Waals surface area contributed by atoms with E-state index in [0.29, 0.717) is 18.4 Å². The molecule has 23 heavy (non-hydrogen) atoms. The van der Waals surface area contributed by atoms with Crippen molar-refractivity contribution in [3.63, 3.8) is 0 Å². The van der Waals surface area contributed by atoms with Crippen molar-refractivity contribution in [2.24, 2.45) is 10.9 Å². The molecule has 0 saturated carbocycles. The summed E-state index contributed by atoms with van der Waals surface area (Å²) in [6.07, 6.45) is 1.07. The predicted molar refractivity (Wildman–Crippen MR) is 104 cm³/mol. The van der Waals surface area contributed by atoms with Gasteiger partial charge < -0.3 is 20.3 Å². The molecule has 2 N–H and O–H groups in total. The summed E-state index contributed by atoms with van der Waals surface area (Å²) in [4.78, 5) is 17.8. The molecule has 2 rings (SSSR count). The molecule has 130 valence electrons. The van der Waals surface area contributed by atoms with Gasteiger partial charge in [-0.1, -0.05) is 0 Å². The maximum Gasteiger partial charge on any atom is 0.241 e. The first-order chi connectivity index (χ1) is 10.6. The van der Waals surface area contributed by atoms with E-state index in [4.69, 9.17) is 4.74 Å². The number of hydrogen-bond donors (Lipinski definition) is 2. The third kappa shape index (κ3) is 7.49. The molecular weight excluding hydrogens is 427 g/mol. The van der Waals surface area contributed by atoms with E-state index in [1.165, 1.54) is 5.56 Å². The van der Waals surface area contributed by atoms with Crippen molar-refractivity contribution in [3.8, 4) is 0 Å². The van der Waals surface area contributed by atoms with E-state index in [1.54, 1.807) is 30.3 Å². The Morgan fingerprint density at radius 2 is 2.30 bits per heavy atom. The molecule has 1 aromatic heterocycles. The first kappa shape index (κ1) is 20.2. The maximum absolute atomic E-state index is 11.7. The van der Waals surface area contributed by atoms with Gasteiger partial charge in [0.25, 0.3) is 0 Å². The van der Waals surface area contributed by atoms with Crippen molar-refractivity contribution in [1.29, 1.82) is 0 Å². The van der Waals surface area contributed by atoms with Crippen LogP contribution in [0.5, 0.6) is 0 Å². The van der Waals surface area contributed by atoms with Crippen LogP contribution >= 0.6 is 35.3 Å². The van der Waals surface area contributed by atoms with Gasteiger partial charge in [-0.25, -0.2) is 4.99 Å². The third-order valence-electron chi connectivity index (χ3n) is 3.49. The van der Waals surface area contributed by atoms with Gasteiger partial charge >= 0.3 is 0 Å². The predicted octanol–water partition coefficient (Wildman–Crippen LogP) is 1.53. The van der Waals surface area contributed by atoms with Gasteiger partial charge in [-0.15, -0.1) is 24.0 Å². The highest BCUT2D eigenvalue weighted by molar-refractivity contribution is 14.0. The normalized spacial score (nSPS) is 17.5. The Morgan fingerprint density at radius 1 is 1.48 bits per heavy atom. The van der Waals surface area contributed by atoms with Crippen molar-refractivity contribution in [1.82, 2.24) is 15.5 Å². The van der Waals surface area contributed by atoms with E-state index in [-0.39, 0.29) is 36.4 Å². The van der Waals surface area contributed by atoms with Crippen LogP contribution in [0.15, 0.2) is 21.8 Å². The average Bonchev–Trinajstić information content (AvgIpc) is 3.19. The lowest BCUT2D eigenvalue weighted by Gasteiger charge is -2.16. The summed E-state index contributed by atoms with van der Waals surface area (Å²) in [6.45, 7) is 3.28. The minimum Gasteiger partial charge on any atom is -0.381 e. The van der Waals surface area contributed by atoms with E-state index in [1.807, 2.05) is 5.38 Å². The smallest absolute Gasteiger partial charge is 0.241 e.